The highest BCUT2D eigenvalue weighted by molar-refractivity contribution is 7.89. The van der Waals surface area contributed by atoms with E-state index in [1.165, 1.54) is 23.5 Å². The molecule has 1 amide bonds. The lowest BCUT2D eigenvalue weighted by Gasteiger charge is -2.15. The van der Waals surface area contributed by atoms with Crippen LogP contribution >= 0.6 is 0 Å². The first-order chi connectivity index (χ1) is 12.4. The first kappa shape index (κ1) is 20.1. The van der Waals surface area contributed by atoms with Crippen molar-refractivity contribution in [3.05, 3.63) is 28.3 Å². The van der Waals surface area contributed by atoms with E-state index in [-0.39, 0.29) is 17.2 Å². The van der Waals surface area contributed by atoms with E-state index < -0.39 is 33.1 Å². The maximum absolute atomic E-state index is 12.5. The molecule has 0 atom stereocenters. The highest BCUT2D eigenvalue weighted by Gasteiger charge is 2.29. The lowest BCUT2D eigenvalue weighted by Crippen LogP contribution is -2.31. The predicted molar refractivity (Wildman–Crippen MR) is 91.5 cm³/mol. The molecule has 1 aromatic carbocycles. The Kier molecular flexibility index (Phi) is 6.89. The molecular weight excluding hydrogens is 366 g/mol. The number of hydrogen-bond donors (Lipinski definition) is 1. The molecule has 0 radical (unpaired) electrons. The first-order valence-electron chi connectivity index (χ1n) is 8.03. The summed E-state index contributed by atoms with van der Waals surface area (Å²) in [7, 11) is -2.29. The molecule has 1 saturated heterocycles. The zero-order chi connectivity index (χ0) is 19.2. The summed E-state index contributed by atoms with van der Waals surface area (Å²) >= 11 is 0. The minimum Gasteiger partial charge on any atom is -0.477 e. The number of methoxy groups -OCH3 is 1. The van der Waals surface area contributed by atoms with Crippen molar-refractivity contribution in [2.24, 2.45) is 0 Å². The number of rotatable bonds is 9. The van der Waals surface area contributed by atoms with Crippen molar-refractivity contribution in [1.29, 1.82) is 0 Å². The van der Waals surface area contributed by atoms with Crippen molar-refractivity contribution in [3.63, 3.8) is 0 Å². The molecule has 144 valence electrons. The molecule has 10 nitrogen and oxygen atoms in total. The number of nitrogens with one attached hydrogen (secondary N) is 1. The van der Waals surface area contributed by atoms with Crippen LogP contribution in [0, 0.1) is 10.1 Å². The minimum atomic E-state index is -3.78. The van der Waals surface area contributed by atoms with E-state index in [0.717, 1.165) is 18.9 Å². The zero-order valence-electron chi connectivity index (χ0n) is 14.3. The molecule has 26 heavy (non-hydrogen) atoms. The van der Waals surface area contributed by atoms with E-state index in [0.29, 0.717) is 19.7 Å². The molecule has 1 heterocycles. The average molecular weight is 387 g/mol. The van der Waals surface area contributed by atoms with Crippen LogP contribution in [0.15, 0.2) is 23.1 Å². The number of carbonyl (C=O) groups is 1. The summed E-state index contributed by atoms with van der Waals surface area (Å²) in [5.41, 5.74) is -0.505. The van der Waals surface area contributed by atoms with Gasteiger partial charge in [0, 0.05) is 32.8 Å². The SMILES string of the molecule is COCCNC(=O)COc1ccc(S(=O)(=O)N2CCCC2)cc1[N+](=O)[O-]. The molecule has 1 aromatic rings. The van der Waals surface area contributed by atoms with Gasteiger partial charge in [0.25, 0.3) is 5.91 Å². The molecule has 1 aliphatic rings. The predicted octanol–water partition coefficient (Wildman–Crippen LogP) is 0.521. The van der Waals surface area contributed by atoms with Gasteiger partial charge in [-0.25, -0.2) is 8.42 Å². The zero-order valence-corrected chi connectivity index (χ0v) is 15.2. The van der Waals surface area contributed by atoms with Crippen LogP contribution in [0.1, 0.15) is 12.8 Å². The molecule has 0 spiro atoms. The summed E-state index contributed by atoms with van der Waals surface area (Å²) in [6, 6.07) is 3.41. The maximum atomic E-state index is 12.5. The Bertz CT molecular complexity index is 761. The van der Waals surface area contributed by atoms with Crippen LogP contribution in [0.5, 0.6) is 5.75 Å². The van der Waals surface area contributed by atoms with Crippen LogP contribution in [0.3, 0.4) is 0 Å². The summed E-state index contributed by atoms with van der Waals surface area (Å²) in [4.78, 5) is 22.0. The van der Waals surface area contributed by atoms with Gasteiger partial charge in [0.2, 0.25) is 10.0 Å². The standard InChI is InChI=1S/C15H21N3O7S/c1-24-9-6-16-15(19)11-25-14-5-4-12(10-13(14)18(20)21)26(22,23)17-7-2-3-8-17/h4-5,10H,2-3,6-9,11H2,1H3,(H,16,19). The molecule has 0 unspecified atom stereocenters. The Balaban J connectivity index is 2.13. The molecule has 0 aliphatic carbocycles. The Morgan fingerprint density at radius 3 is 2.65 bits per heavy atom. The van der Waals surface area contributed by atoms with Gasteiger partial charge < -0.3 is 14.8 Å². The Morgan fingerprint density at radius 2 is 2.04 bits per heavy atom. The monoisotopic (exact) mass is 387 g/mol. The smallest absolute Gasteiger partial charge is 0.312 e. The fourth-order valence-electron chi connectivity index (χ4n) is 2.49. The molecule has 0 bridgehead atoms. The second kappa shape index (κ2) is 8.92. The van der Waals surface area contributed by atoms with Gasteiger partial charge in [-0.15, -0.1) is 0 Å². The van der Waals surface area contributed by atoms with Crippen LogP contribution in [0.25, 0.3) is 0 Å². The van der Waals surface area contributed by atoms with Crippen LogP contribution in [0.2, 0.25) is 0 Å². The topological polar surface area (TPSA) is 128 Å². The summed E-state index contributed by atoms with van der Waals surface area (Å²) in [6.45, 7) is 0.984. The molecular formula is C15H21N3O7S. The molecule has 1 aliphatic heterocycles. The minimum absolute atomic E-state index is 0.164. The van der Waals surface area contributed by atoms with Crippen LogP contribution in [-0.2, 0) is 19.6 Å². The second-order valence-corrected chi connectivity index (χ2v) is 7.57. The Labute approximate surface area is 151 Å². The van der Waals surface area contributed by atoms with Crippen LogP contribution in [0.4, 0.5) is 5.69 Å². The number of nitro groups is 1. The van der Waals surface area contributed by atoms with E-state index in [2.05, 4.69) is 5.32 Å². The third kappa shape index (κ3) is 4.90. The lowest BCUT2D eigenvalue weighted by molar-refractivity contribution is -0.386. The largest absolute Gasteiger partial charge is 0.477 e. The quantitative estimate of drug-likeness (QED) is 0.372. The van der Waals surface area contributed by atoms with Gasteiger partial charge in [0.05, 0.1) is 16.4 Å². The highest BCUT2D eigenvalue weighted by atomic mass is 32.2. The second-order valence-electron chi connectivity index (χ2n) is 5.63. The number of carbonyl (C=O) groups excluding carboxylic acids is 1. The van der Waals surface area contributed by atoms with Crippen molar-refractivity contribution in [3.8, 4) is 5.75 Å². The number of sulfonamides is 1. The maximum Gasteiger partial charge on any atom is 0.312 e. The molecule has 1 fully saturated rings. The fourth-order valence-corrected chi connectivity index (χ4v) is 4.02. The van der Waals surface area contributed by atoms with Gasteiger partial charge >= 0.3 is 5.69 Å². The molecule has 2 rings (SSSR count). The van der Waals surface area contributed by atoms with E-state index in [1.54, 1.807) is 0 Å². The summed E-state index contributed by atoms with van der Waals surface area (Å²) < 4.78 is 36.3. The van der Waals surface area contributed by atoms with Crippen LogP contribution in [-0.4, -0.2) is 63.5 Å². The van der Waals surface area contributed by atoms with Crippen molar-refractivity contribution in [2.75, 3.05) is 40.0 Å². The van der Waals surface area contributed by atoms with Gasteiger partial charge in [0.1, 0.15) is 0 Å². The number of ether oxygens (including phenoxy) is 2. The molecule has 1 N–H and O–H groups in total. The van der Waals surface area contributed by atoms with Crippen LogP contribution < -0.4 is 10.1 Å². The van der Waals surface area contributed by atoms with Crippen molar-refractivity contribution < 1.29 is 27.6 Å². The van der Waals surface area contributed by atoms with Gasteiger partial charge in [-0.05, 0) is 25.0 Å². The first-order valence-corrected chi connectivity index (χ1v) is 9.47. The van der Waals surface area contributed by atoms with Crippen molar-refractivity contribution in [2.45, 2.75) is 17.7 Å². The fraction of sp³-hybridized carbons (Fsp3) is 0.533. The molecule has 0 saturated carbocycles. The number of hydrogen-bond acceptors (Lipinski definition) is 7. The summed E-state index contributed by atoms with van der Waals surface area (Å²) in [5.74, 6) is -0.637. The average Bonchev–Trinajstić information content (AvgIpc) is 3.15. The van der Waals surface area contributed by atoms with Gasteiger partial charge in [0.15, 0.2) is 12.4 Å². The van der Waals surface area contributed by atoms with E-state index >= 15 is 0 Å². The van der Waals surface area contributed by atoms with Gasteiger partial charge in [-0.2, -0.15) is 4.31 Å². The summed E-state index contributed by atoms with van der Waals surface area (Å²) in [6.07, 6.45) is 1.53. The molecule has 0 aromatic heterocycles. The third-order valence-electron chi connectivity index (χ3n) is 3.82. The van der Waals surface area contributed by atoms with Crippen molar-refractivity contribution in [1.82, 2.24) is 9.62 Å². The van der Waals surface area contributed by atoms with E-state index in [4.69, 9.17) is 9.47 Å². The van der Waals surface area contributed by atoms with E-state index in [9.17, 15) is 23.3 Å². The third-order valence-corrected chi connectivity index (χ3v) is 5.71. The Morgan fingerprint density at radius 1 is 1.35 bits per heavy atom. The molecule has 11 heteroatoms. The normalized spacial score (nSPS) is 15.0. The summed E-state index contributed by atoms with van der Waals surface area (Å²) in [5, 5.41) is 13.8. The number of nitro benzene ring substituents is 1. The number of benzene rings is 1. The Hall–Kier alpha value is -2.24. The lowest BCUT2D eigenvalue weighted by atomic mass is 10.3. The highest BCUT2D eigenvalue weighted by Crippen LogP contribution is 2.31. The van der Waals surface area contributed by atoms with E-state index in [1.807, 2.05) is 0 Å². The van der Waals surface area contributed by atoms with Crippen molar-refractivity contribution >= 4 is 21.6 Å². The van der Waals surface area contributed by atoms with Gasteiger partial charge in [-0.1, -0.05) is 0 Å². The van der Waals surface area contributed by atoms with Gasteiger partial charge in [-0.3, -0.25) is 14.9 Å². The number of amides is 1. The number of nitrogens with zero attached hydrogens (tertiary/aromatic N) is 2.